The van der Waals surface area contributed by atoms with Crippen LogP contribution in [0.5, 0.6) is 5.75 Å². The first kappa shape index (κ1) is 14.2. The summed E-state index contributed by atoms with van der Waals surface area (Å²) in [6.45, 7) is 1.83. The fourth-order valence-corrected chi connectivity index (χ4v) is 2.07. The molecule has 0 aliphatic heterocycles. The van der Waals surface area contributed by atoms with E-state index >= 15 is 0 Å². The number of hydrogen-bond acceptors (Lipinski definition) is 3. The van der Waals surface area contributed by atoms with Crippen molar-refractivity contribution in [2.75, 3.05) is 5.32 Å². The maximum atomic E-state index is 12.9. The molecule has 2 aromatic carbocycles. The fraction of sp³-hybridized carbons (Fsp3) is 0.133. The van der Waals surface area contributed by atoms with Crippen molar-refractivity contribution in [1.82, 2.24) is 0 Å². The molecule has 2 rings (SSSR count). The molecule has 1 unspecified atom stereocenters. The van der Waals surface area contributed by atoms with Crippen LogP contribution in [0, 0.1) is 17.1 Å². The molecule has 0 bridgehead atoms. The number of hydrogen-bond donors (Lipinski definition) is 2. The molecule has 0 saturated heterocycles. The van der Waals surface area contributed by atoms with Crippen LogP contribution in [-0.2, 0) is 0 Å². The highest BCUT2D eigenvalue weighted by Gasteiger charge is 2.11. The van der Waals surface area contributed by atoms with Gasteiger partial charge in [-0.1, -0.05) is 17.7 Å². The number of phenols is 1. The molecule has 0 fully saturated rings. The molecule has 2 aromatic rings. The van der Waals surface area contributed by atoms with Gasteiger partial charge >= 0.3 is 0 Å². The summed E-state index contributed by atoms with van der Waals surface area (Å²) < 4.78 is 12.9. The van der Waals surface area contributed by atoms with Crippen LogP contribution in [0.3, 0.4) is 0 Å². The lowest BCUT2D eigenvalue weighted by Gasteiger charge is -2.17. The average molecular weight is 291 g/mol. The van der Waals surface area contributed by atoms with Crippen LogP contribution in [0.1, 0.15) is 24.1 Å². The Kier molecular flexibility index (Phi) is 4.11. The Morgan fingerprint density at radius 1 is 1.30 bits per heavy atom. The van der Waals surface area contributed by atoms with E-state index in [1.54, 1.807) is 18.2 Å². The number of halogens is 2. The lowest BCUT2D eigenvalue weighted by atomic mass is 10.1. The summed E-state index contributed by atoms with van der Waals surface area (Å²) in [5.41, 5.74) is 1.63. The molecule has 0 radical (unpaired) electrons. The van der Waals surface area contributed by atoms with Crippen molar-refractivity contribution in [2.45, 2.75) is 13.0 Å². The minimum atomic E-state index is -0.489. The van der Waals surface area contributed by atoms with E-state index < -0.39 is 5.82 Å². The molecule has 0 heterocycles. The smallest absolute Gasteiger partial charge is 0.126 e. The Hall–Kier alpha value is -2.25. The average Bonchev–Trinajstić information content (AvgIpc) is 2.40. The highest BCUT2D eigenvalue weighted by molar-refractivity contribution is 6.31. The molecular formula is C15H12ClFN2O. The Morgan fingerprint density at radius 2 is 2.05 bits per heavy atom. The van der Waals surface area contributed by atoms with E-state index in [-0.39, 0.29) is 11.8 Å². The maximum absolute atomic E-state index is 12.9. The molecule has 0 spiro atoms. The summed E-state index contributed by atoms with van der Waals surface area (Å²) in [7, 11) is 0. The van der Waals surface area contributed by atoms with Crippen molar-refractivity contribution in [3.8, 4) is 11.8 Å². The Labute approximate surface area is 121 Å². The molecule has 0 saturated carbocycles. The number of phenolic OH excluding ortho intramolecular Hbond substituents is 1. The maximum Gasteiger partial charge on any atom is 0.126 e. The molecule has 20 heavy (non-hydrogen) atoms. The Bertz CT molecular complexity index is 682. The van der Waals surface area contributed by atoms with Gasteiger partial charge in [-0.3, -0.25) is 0 Å². The van der Waals surface area contributed by atoms with Crippen molar-refractivity contribution in [3.63, 3.8) is 0 Å². The first-order chi connectivity index (χ1) is 9.51. The summed E-state index contributed by atoms with van der Waals surface area (Å²) >= 11 is 5.86. The summed E-state index contributed by atoms with van der Waals surface area (Å²) in [5.74, 6) is -0.601. The topological polar surface area (TPSA) is 56.0 Å². The van der Waals surface area contributed by atoms with Gasteiger partial charge in [0.15, 0.2) is 0 Å². The number of benzene rings is 2. The second-order valence-electron chi connectivity index (χ2n) is 4.38. The van der Waals surface area contributed by atoms with Crippen LogP contribution in [0.15, 0.2) is 36.4 Å². The van der Waals surface area contributed by atoms with Crippen LogP contribution in [0.2, 0.25) is 5.02 Å². The van der Waals surface area contributed by atoms with Gasteiger partial charge in [0.2, 0.25) is 0 Å². The van der Waals surface area contributed by atoms with E-state index in [0.29, 0.717) is 21.8 Å². The van der Waals surface area contributed by atoms with E-state index in [2.05, 4.69) is 5.32 Å². The van der Waals surface area contributed by atoms with E-state index in [9.17, 15) is 9.50 Å². The number of rotatable bonds is 3. The zero-order chi connectivity index (χ0) is 14.7. The van der Waals surface area contributed by atoms with Gasteiger partial charge in [-0.2, -0.15) is 5.26 Å². The normalized spacial score (nSPS) is 11.7. The lowest BCUT2D eigenvalue weighted by molar-refractivity contribution is 0.459. The molecular weight excluding hydrogens is 279 g/mol. The van der Waals surface area contributed by atoms with Gasteiger partial charge in [-0.15, -0.1) is 0 Å². The standard InChI is InChI=1S/C15H12ClFN2O/c1-9(13-4-2-11(17)7-15(13)20)19-12-3-5-14(16)10(6-12)8-18/h2-7,9,19-20H,1H3. The number of aromatic hydroxyl groups is 1. The van der Waals surface area contributed by atoms with Gasteiger partial charge in [0.25, 0.3) is 0 Å². The molecule has 1 atom stereocenters. The largest absolute Gasteiger partial charge is 0.507 e. The lowest BCUT2D eigenvalue weighted by Crippen LogP contribution is -2.07. The van der Waals surface area contributed by atoms with Crippen molar-refractivity contribution in [3.05, 3.63) is 58.4 Å². The van der Waals surface area contributed by atoms with Gasteiger partial charge in [-0.05, 0) is 31.2 Å². The summed E-state index contributed by atoms with van der Waals surface area (Å²) in [6, 6.07) is 10.6. The number of nitriles is 1. The second-order valence-corrected chi connectivity index (χ2v) is 4.78. The minimum Gasteiger partial charge on any atom is -0.507 e. The van der Waals surface area contributed by atoms with E-state index in [1.807, 2.05) is 13.0 Å². The van der Waals surface area contributed by atoms with E-state index in [0.717, 1.165) is 6.07 Å². The first-order valence-electron chi connectivity index (χ1n) is 5.96. The van der Waals surface area contributed by atoms with Gasteiger partial charge in [0.1, 0.15) is 17.6 Å². The minimum absolute atomic E-state index is 0.112. The van der Waals surface area contributed by atoms with Gasteiger partial charge in [0.05, 0.1) is 16.6 Å². The van der Waals surface area contributed by atoms with Gasteiger partial charge in [0, 0.05) is 17.3 Å². The SMILES string of the molecule is CC(Nc1ccc(Cl)c(C#N)c1)c1ccc(F)cc1O. The van der Waals surface area contributed by atoms with E-state index in [1.165, 1.54) is 12.1 Å². The third-order valence-corrected chi connectivity index (χ3v) is 3.26. The van der Waals surface area contributed by atoms with Crippen molar-refractivity contribution in [1.29, 1.82) is 5.26 Å². The van der Waals surface area contributed by atoms with Crippen LogP contribution in [-0.4, -0.2) is 5.11 Å². The molecule has 0 amide bonds. The molecule has 2 N–H and O–H groups in total. The van der Waals surface area contributed by atoms with Crippen molar-refractivity contribution in [2.24, 2.45) is 0 Å². The number of anilines is 1. The zero-order valence-corrected chi connectivity index (χ0v) is 11.4. The quantitative estimate of drug-likeness (QED) is 0.889. The fourth-order valence-electron chi connectivity index (χ4n) is 1.91. The van der Waals surface area contributed by atoms with Crippen LogP contribution >= 0.6 is 11.6 Å². The monoisotopic (exact) mass is 290 g/mol. The Morgan fingerprint density at radius 3 is 2.70 bits per heavy atom. The highest BCUT2D eigenvalue weighted by Crippen LogP contribution is 2.28. The molecule has 0 aromatic heterocycles. The highest BCUT2D eigenvalue weighted by atomic mass is 35.5. The third kappa shape index (κ3) is 3.01. The van der Waals surface area contributed by atoms with Crippen molar-refractivity contribution < 1.29 is 9.50 Å². The molecule has 0 aliphatic rings. The number of nitrogens with one attached hydrogen (secondary N) is 1. The summed E-state index contributed by atoms with van der Waals surface area (Å²) in [6.07, 6.45) is 0. The Balaban J connectivity index is 2.23. The molecule has 0 aliphatic carbocycles. The predicted molar refractivity (Wildman–Crippen MR) is 76.3 cm³/mol. The van der Waals surface area contributed by atoms with Gasteiger partial charge < -0.3 is 10.4 Å². The van der Waals surface area contributed by atoms with Crippen LogP contribution < -0.4 is 5.32 Å². The van der Waals surface area contributed by atoms with Crippen LogP contribution in [0.4, 0.5) is 10.1 Å². The van der Waals surface area contributed by atoms with Gasteiger partial charge in [-0.25, -0.2) is 4.39 Å². The number of nitrogens with zero attached hydrogens (tertiary/aromatic N) is 1. The predicted octanol–water partition coefficient (Wildman–Crippen LogP) is 4.23. The van der Waals surface area contributed by atoms with Crippen molar-refractivity contribution >= 4 is 17.3 Å². The van der Waals surface area contributed by atoms with Crippen LogP contribution in [0.25, 0.3) is 0 Å². The zero-order valence-electron chi connectivity index (χ0n) is 10.7. The second kappa shape index (κ2) is 5.81. The summed E-state index contributed by atoms with van der Waals surface area (Å²) in [4.78, 5) is 0. The molecule has 5 heteroatoms. The first-order valence-corrected chi connectivity index (χ1v) is 6.33. The van der Waals surface area contributed by atoms with E-state index in [4.69, 9.17) is 16.9 Å². The third-order valence-electron chi connectivity index (χ3n) is 2.93. The molecule has 102 valence electrons. The summed E-state index contributed by atoms with van der Waals surface area (Å²) in [5, 5.41) is 22.2. The molecule has 3 nitrogen and oxygen atoms in total.